The Kier molecular flexibility index (Phi) is 4.60. The summed E-state index contributed by atoms with van der Waals surface area (Å²) in [6.45, 7) is 4.95. The number of pyridine rings is 1. The van der Waals surface area contributed by atoms with Crippen molar-refractivity contribution >= 4 is 5.91 Å². The second-order valence-corrected chi connectivity index (χ2v) is 5.47. The van der Waals surface area contributed by atoms with E-state index in [9.17, 15) is 9.59 Å². The van der Waals surface area contributed by atoms with Gasteiger partial charge in [-0.1, -0.05) is 6.42 Å². The number of aryl methyl sites for hydroxylation is 1. The highest BCUT2D eigenvalue weighted by Gasteiger charge is 2.34. The van der Waals surface area contributed by atoms with E-state index in [0.29, 0.717) is 19.0 Å². The maximum absolute atomic E-state index is 12.6. The Morgan fingerprint density at radius 3 is 2.80 bits per heavy atom. The van der Waals surface area contributed by atoms with E-state index in [2.05, 4.69) is 4.98 Å². The zero-order valence-electron chi connectivity index (χ0n) is 12.2. The Morgan fingerprint density at radius 1 is 1.45 bits per heavy atom. The summed E-state index contributed by atoms with van der Waals surface area (Å²) in [6, 6.07) is 3.54. The highest BCUT2D eigenvalue weighted by molar-refractivity contribution is 5.94. The topological polar surface area (TPSA) is 79.2 Å². The van der Waals surface area contributed by atoms with Gasteiger partial charge in [-0.05, 0) is 51.3 Å². The summed E-state index contributed by atoms with van der Waals surface area (Å²) in [4.78, 5) is 29.1. The molecule has 1 aromatic heterocycles. The third-order valence-electron chi connectivity index (χ3n) is 4.21. The third-order valence-corrected chi connectivity index (χ3v) is 4.21. The Hall–Kier alpha value is -1.62. The van der Waals surface area contributed by atoms with Crippen molar-refractivity contribution in [1.29, 1.82) is 0 Å². The van der Waals surface area contributed by atoms with Crippen LogP contribution >= 0.6 is 0 Å². The zero-order valence-corrected chi connectivity index (χ0v) is 12.2. The molecule has 0 saturated heterocycles. The lowest BCUT2D eigenvalue weighted by molar-refractivity contribution is 0.0650. The lowest BCUT2D eigenvalue weighted by atomic mass is 10.0. The summed E-state index contributed by atoms with van der Waals surface area (Å²) >= 11 is 0. The molecule has 5 nitrogen and oxygen atoms in total. The highest BCUT2D eigenvalue weighted by atomic mass is 16.2. The van der Waals surface area contributed by atoms with Crippen LogP contribution in [0.4, 0.5) is 0 Å². The van der Waals surface area contributed by atoms with E-state index in [0.717, 1.165) is 25.0 Å². The van der Waals surface area contributed by atoms with Gasteiger partial charge in [0.1, 0.15) is 5.56 Å². The number of nitrogens with two attached hydrogens (primary N) is 1. The van der Waals surface area contributed by atoms with Crippen LogP contribution in [0.15, 0.2) is 16.9 Å². The van der Waals surface area contributed by atoms with E-state index < -0.39 is 0 Å². The number of rotatable bonds is 4. The van der Waals surface area contributed by atoms with Crippen molar-refractivity contribution in [3.05, 3.63) is 33.7 Å². The first-order valence-corrected chi connectivity index (χ1v) is 7.29. The molecule has 0 radical (unpaired) electrons. The van der Waals surface area contributed by atoms with Crippen molar-refractivity contribution in [2.24, 2.45) is 11.7 Å². The van der Waals surface area contributed by atoms with Crippen molar-refractivity contribution in [3.8, 4) is 0 Å². The molecule has 1 aromatic rings. The monoisotopic (exact) mass is 277 g/mol. The summed E-state index contributed by atoms with van der Waals surface area (Å²) in [5, 5.41) is 0. The molecule has 20 heavy (non-hydrogen) atoms. The smallest absolute Gasteiger partial charge is 0.260 e. The number of carbonyl (C=O) groups is 1. The quantitative estimate of drug-likeness (QED) is 0.870. The largest absolute Gasteiger partial charge is 0.335 e. The van der Waals surface area contributed by atoms with Crippen LogP contribution in [-0.2, 0) is 0 Å². The molecule has 3 N–H and O–H groups in total. The number of nitrogens with zero attached hydrogens (tertiary/aromatic N) is 1. The number of H-pyrrole nitrogens is 1. The Morgan fingerprint density at radius 2 is 2.20 bits per heavy atom. The SMILES string of the molecule is CCN(C(=O)c1ccc(C)[nH]c1=O)C1CCCC1CN. The standard InChI is InChI=1S/C15H23N3O2/c1-3-18(13-6-4-5-11(13)9-16)15(20)12-8-7-10(2)17-14(12)19/h7-8,11,13H,3-6,9,16H2,1-2H3,(H,17,19). The molecular formula is C15H23N3O2. The van der Waals surface area contributed by atoms with E-state index >= 15 is 0 Å². The predicted octanol–water partition coefficient (Wildman–Crippen LogP) is 1.27. The number of nitrogens with one attached hydrogen (secondary N) is 1. The average Bonchev–Trinajstić information content (AvgIpc) is 2.87. The second kappa shape index (κ2) is 6.22. The first-order chi connectivity index (χ1) is 9.58. The van der Waals surface area contributed by atoms with Gasteiger partial charge in [-0.3, -0.25) is 9.59 Å². The molecule has 2 atom stereocenters. The summed E-state index contributed by atoms with van der Waals surface area (Å²) in [5.74, 6) is 0.169. The van der Waals surface area contributed by atoms with Crippen LogP contribution in [-0.4, -0.2) is 34.9 Å². The molecule has 110 valence electrons. The first-order valence-electron chi connectivity index (χ1n) is 7.29. The molecule has 1 aliphatic carbocycles. The minimum Gasteiger partial charge on any atom is -0.335 e. The van der Waals surface area contributed by atoms with E-state index in [4.69, 9.17) is 5.73 Å². The molecule has 0 bridgehead atoms. The number of carbonyl (C=O) groups excluding carboxylic acids is 1. The number of aromatic nitrogens is 1. The molecular weight excluding hydrogens is 254 g/mol. The van der Waals surface area contributed by atoms with Crippen molar-refractivity contribution in [3.63, 3.8) is 0 Å². The summed E-state index contributed by atoms with van der Waals surface area (Å²) < 4.78 is 0. The van der Waals surface area contributed by atoms with Crippen LogP contribution in [0.1, 0.15) is 42.2 Å². The van der Waals surface area contributed by atoms with Crippen LogP contribution < -0.4 is 11.3 Å². The van der Waals surface area contributed by atoms with Gasteiger partial charge in [0.15, 0.2) is 0 Å². The molecule has 2 unspecified atom stereocenters. The van der Waals surface area contributed by atoms with E-state index in [1.165, 1.54) is 0 Å². The summed E-state index contributed by atoms with van der Waals surface area (Å²) in [7, 11) is 0. The molecule has 2 rings (SSSR count). The average molecular weight is 277 g/mol. The normalized spacial score (nSPS) is 21.9. The van der Waals surface area contributed by atoms with Gasteiger partial charge in [0, 0.05) is 18.3 Å². The van der Waals surface area contributed by atoms with Gasteiger partial charge in [-0.15, -0.1) is 0 Å². The molecule has 1 heterocycles. The summed E-state index contributed by atoms with van der Waals surface area (Å²) in [5.41, 5.74) is 6.47. The number of aromatic amines is 1. The number of hydrogen-bond acceptors (Lipinski definition) is 3. The fourth-order valence-electron chi connectivity index (χ4n) is 3.13. The van der Waals surface area contributed by atoms with E-state index in [1.54, 1.807) is 19.1 Å². The lowest BCUT2D eigenvalue weighted by Crippen LogP contribution is -2.45. The van der Waals surface area contributed by atoms with Crippen molar-refractivity contribution in [1.82, 2.24) is 9.88 Å². The predicted molar refractivity (Wildman–Crippen MR) is 78.7 cm³/mol. The van der Waals surface area contributed by atoms with Crippen molar-refractivity contribution < 1.29 is 4.79 Å². The van der Waals surface area contributed by atoms with Gasteiger partial charge in [0.25, 0.3) is 11.5 Å². The van der Waals surface area contributed by atoms with E-state index in [-0.39, 0.29) is 23.1 Å². The molecule has 0 spiro atoms. The zero-order chi connectivity index (χ0) is 14.7. The second-order valence-electron chi connectivity index (χ2n) is 5.47. The van der Waals surface area contributed by atoms with Gasteiger partial charge in [0.2, 0.25) is 0 Å². The molecule has 1 aliphatic rings. The van der Waals surface area contributed by atoms with Crippen LogP contribution in [0.2, 0.25) is 0 Å². The minimum absolute atomic E-state index is 0.165. The highest BCUT2D eigenvalue weighted by Crippen LogP contribution is 2.29. The Balaban J connectivity index is 2.27. The summed E-state index contributed by atoms with van der Waals surface area (Å²) in [6.07, 6.45) is 3.14. The van der Waals surface area contributed by atoms with Gasteiger partial charge in [0.05, 0.1) is 0 Å². The number of amides is 1. The van der Waals surface area contributed by atoms with Crippen molar-refractivity contribution in [2.45, 2.75) is 39.2 Å². The minimum atomic E-state index is -0.309. The van der Waals surface area contributed by atoms with Crippen LogP contribution in [0.5, 0.6) is 0 Å². The molecule has 1 saturated carbocycles. The van der Waals surface area contributed by atoms with Gasteiger partial charge < -0.3 is 15.6 Å². The first kappa shape index (κ1) is 14.8. The molecule has 0 aliphatic heterocycles. The molecule has 1 amide bonds. The lowest BCUT2D eigenvalue weighted by Gasteiger charge is -2.31. The molecule has 0 aromatic carbocycles. The van der Waals surface area contributed by atoms with Crippen molar-refractivity contribution in [2.75, 3.05) is 13.1 Å². The van der Waals surface area contributed by atoms with Gasteiger partial charge in [-0.2, -0.15) is 0 Å². The van der Waals surface area contributed by atoms with Crippen LogP contribution in [0, 0.1) is 12.8 Å². The maximum Gasteiger partial charge on any atom is 0.260 e. The maximum atomic E-state index is 12.6. The Labute approximate surface area is 119 Å². The Bertz CT molecular complexity index is 538. The third kappa shape index (κ3) is 2.77. The fraction of sp³-hybridized carbons (Fsp3) is 0.600. The van der Waals surface area contributed by atoms with Crippen LogP contribution in [0.25, 0.3) is 0 Å². The molecule has 1 fully saturated rings. The van der Waals surface area contributed by atoms with Gasteiger partial charge >= 0.3 is 0 Å². The van der Waals surface area contributed by atoms with Crippen LogP contribution in [0.3, 0.4) is 0 Å². The fourth-order valence-corrected chi connectivity index (χ4v) is 3.13. The molecule has 5 heteroatoms. The number of hydrogen-bond donors (Lipinski definition) is 2. The van der Waals surface area contributed by atoms with E-state index in [1.807, 2.05) is 11.8 Å². The van der Waals surface area contributed by atoms with Gasteiger partial charge in [-0.25, -0.2) is 0 Å².